The highest BCUT2D eigenvalue weighted by Gasteiger charge is 2.45. The Bertz CT molecular complexity index is 1440. The lowest BCUT2D eigenvalue weighted by molar-refractivity contribution is -0.121. The summed E-state index contributed by atoms with van der Waals surface area (Å²) in [5, 5.41) is 6.39. The van der Waals surface area contributed by atoms with Gasteiger partial charge in [0.2, 0.25) is 5.91 Å². The van der Waals surface area contributed by atoms with E-state index >= 15 is 0 Å². The fourth-order valence-corrected chi connectivity index (χ4v) is 4.81. The van der Waals surface area contributed by atoms with Gasteiger partial charge in [0, 0.05) is 48.9 Å². The van der Waals surface area contributed by atoms with Crippen molar-refractivity contribution in [3.05, 3.63) is 42.4 Å². The molecule has 1 amide bonds. The van der Waals surface area contributed by atoms with Crippen molar-refractivity contribution in [2.75, 3.05) is 18.5 Å². The maximum absolute atomic E-state index is 13.0. The number of carbonyl (C=O) groups excluding carboxylic acids is 1. The van der Waals surface area contributed by atoms with Gasteiger partial charge in [-0.3, -0.25) is 10.1 Å². The van der Waals surface area contributed by atoms with Gasteiger partial charge in [0.15, 0.2) is 5.65 Å². The molecule has 0 spiro atoms. The van der Waals surface area contributed by atoms with Crippen LogP contribution in [0.25, 0.3) is 33.8 Å². The summed E-state index contributed by atoms with van der Waals surface area (Å²) < 4.78 is 7.52. The van der Waals surface area contributed by atoms with E-state index in [1.54, 1.807) is 18.6 Å². The monoisotopic (exact) mass is 471 g/mol. The van der Waals surface area contributed by atoms with E-state index in [-0.39, 0.29) is 11.9 Å². The number of fused-ring (bicyclic) bond motifs is 2. The molecule has 2 aliphatic heterocycles. The largest absolute Gasteiger partial charge is 0.380 e. The average Bonchev–Trinajstić information content (AvgIpc) is 3.57. The summed E-state index contributed by atoms with van der Waals surface area (Å²) in [6, 6.07) is 2.07. The third-order valence-electron chi connectivity index (χ3n) is 6.70. The minimum absolute atomic E-state index is 0.102. The number of nitrogens with zero attached hydrogens (tertiary/aromatic N) is 7. The third-order valence-corrected chi connectivity index (χ3v) is 6.70. The van der Waals surface area contributed by atoms with Crippen molar-refractivity contribution in [2.24, 2.45) is 0 Å². The van der Waals surface area contributed by atoms with Gasteiger partial charge in [-0.15, -0.1) is 0 Å². The van der Waals surface area contributed by atoms with Crippen molar-refractivity contribution in [1.82, 2.24) is 39.8 Å². The molecule has 0 bridgehead atoms. The summed E-state index contributed by atoms with van der Waals surface area (Å²) in [5.41, 5.74) is 3.44. The number of aryl methyl sites for hydroxylation is 2. The van der Waals surface area contributed by atoms with E-state index in [2.05, 4.69) is 35.6 Å². The van der Waals surface area contributed by atoms with Crippen molar-refractivity contribution < 1.29 is 9.53 Å². The highest BCUT2D eigenvalue weighted by molar-refractivity contribution is 6.05. The van der Waals surface area contributed by atoms with E-state index in [9.17, 15) is 4.79 Å². The molecule has 1 fully saturated rings. The summed E-state index contributed by atoms with van der Waals surface area (Å²) in [6.45, 7) is 7.71. The number of ether oxygens (including phenoxy) is 1. The van der Waals surface area contributed by atoms with Gasteiger partial charge in [-0.25, -0.2) is 29.9 Å². The average molecular weight is 472 g/mol. The maximum atomic E-state index is 13.0. The van der Waals surface area contributed by atoms with Crippen molar-refractivity contribution in [1.29, 1.82) is 0 Å². The van der Waals surface area contributed by atoms with E-state index in [0.717, 1.165) is 28.9 Å². The molecule has 6 heterocycles. The molecule has 2 atom stereocenters. The molecule has 2 aliphatic rings. The Morgan fingerprint density at radius 3 is 2.71 bits per heavy atom. The Hall–Kier alpha value is -3.83. The van der Waals surface area contributed by atoms with Gasteiger partial charge in [0.25, 0.3) is 0 Å². The summed E-state index contributed by atoms with van der Waals surface area (Å²) in [4.78, 5) is 40.2. The Labute approximate surface area is 201 Å². The lowest BCUT2D eigenvalue weighted by Crippen LogP contribution is -2.50. The molecule has 0 saturated carbocycles. The first-order valence-electron chi connectivity index (χ1n) is 11.7. The van der Waals surface area contributed by atoms with E-state index in [1.165, 1.54) is 6.33 Å². The SMILES string of the molecule is CCn1c(-c2cnc(C)nc2)nc2c(-c3cnc4c(c3)C(C)(NC3CCOC3)C(=O)N4)ncnc21. The van der Waals surface area contributed by atoms with Crippen LogP contribution in [0, 0.1) is 6.92 Å². The number of imidazole rings is 1. The predicted octanol–water partition coefficient (Wildman–Crippen LogP) is 2.22. The van der Waals surface area contributed by atoms with Crippen LogP contribution in [0.15, 0.2) is 31.0 Å². The van der Waals surface area contributed by atoms with Crippen LogP contribution in [0.2, 0.25) is 0 Å². The van der Waals surface area contributed by atoms with Crippen LogP contribution < -0.4 is 10.6 Å². The van der Waals surface area contributed by atoms with Crippen molar-refractivity contribution >= 4 is 22.9 Å². The predicted molar refractivity (Wildman–Crippen MR) is 128 cm³/mol. The van der Waals surface area contributed by atoms with Crippen LogP contribution in [0.4, 0.5) is 5.82 Å². The maximum Gasteiger partial charge on any atom is 0.250 e. The van der Waals surface area contributed by atoms with Gasteiger partial charge in [-0.1, -0.05) is 0 Å². The quantitative estimate of drug-likeness (QED) is 0.449. The Kier molecular flexibility index (Phi) is 5.04. The second kappa shape index (κ2) is 8.14. The summed E-state index contributed by atoms with van der Waals surface area (Å²) >= 11 is 0. The molecular formula is C24H25N9O2. The standard InChI is InChI=1S/C24H25N9O2/c1-4-33-21(15-9-25-13(2)26-10-15)30-19-18(28-12-29-22(19)33)14-7-17-20(27-8-14)31-23(34)24(17,3)32-16-5-6-35-11-16/h7-10,12,16,32H,4-6,11H2,1-3H3,(H,27,31,34). The number of hydrogen-bond acceptors (Lipinski definition) is 9. The first-order valence-corrected chi connectivity index (χ1v) is 11.7. The Balaban J connectivity index is 1.47. The molecule has 35 heavy (non-hydrogen) atoms. The zero-order chi connectivity index (χ0) is 24.2. The lowest BCUT2D eigenvalue weighted by atomic mass is 9.92. The second-order valence-electron chi connectivity index (χ2n) is 9.00. The van der Waals surface area contributed by atoms with Gasteiger partial charge in [0.1, 0.15) is 40.5 Å². The number of carbonyl (C=O) groups is 1. The number of anilines is 1. The molecule has 0 aliphatic carbocycles. The van der Waals surface area contributed by atoms with Gasteiger partial charge in [-0.05, 0) is 33.3 Å². The lowest BCUT2D eigenvalue weighted by Gasteiger charge is -2.27. The smallest absolute Gasteiger partial charge is 0.250 e. The summed E-state index contributed by atoms with van der Waals surface area (Å²) in [6.07, 6.45) is 7.63. The number of rotatable bonds is 5. The molecule has 178 valence electrons. The molecular weight excluding hydrogens is 446 g/mol. The first-order chi connectivity index (χ1) is 17.0. The van der Waals surface area contributed by atoms with Crippen LogP contribution in [-0.4, -0.2) is 59.6 Å². The number of nitrogens with one attached hydrogen (secondary N) is 2. The summed E-state index contributed by atoms with van der Waals surface area (Å²) in [7, 11) is 0. The Morgan fingerprint density at radius 1 is 1.17 bits per heavy atom. The third kappa shape index (κ3) is 3.46. The molecule has 2 N–H and O–H groups in total. The van der Waals surface area contributed by atoms with E-state index in [0.29, 0.717) is 48.3 Å². The Morgan fingerprint density at radius 2 is 1.97 bits per heavy atom. The molecule has 0 radical (unpaired) electrons. The second-order valence-corrected chi connectivity index (χ2v) is 9.00. The number of pyridine rings is 1. The zero-order valence-corrected chi connectivity index (χ0v) is 19.7. The van der Waals surface area contributed by atoms with Gasteiger partial charge >= 0.3 is 0 Å². The summed E-state index contributed by atoms with van der Waals surface area (Å²) in [5.74, 6) is 1.84. The van der Waals surface area contributed by atoms with Crippen LogP contribution >= 0.6 is 0 Å². The first kappa shape index (κ1) is 21.7. The molecule has 6 rings (SSSR count). The van der Waals surface area contributed by atoms with Gasteiger partial charge in [0.05, 0.1) is 12.2 Å². The molecule has 2 unspecified atom stereocenters. The molecule has 11 nitrogen and oxygen atoms in total. The fourth-order valence-electron chi connectivity index (χ4n) is 4.81. The van der Waals surface area contributed by atoms with Crippen LogP contribution in [0.1, 0.15) is 31.7 Å². The molecule has 0 aromatic carbocycles. The molecule has 4 aromatic rings. The minimum atomic E-state index is -0.921. The number of amides is 1. The van der Waals surface area contributed by atoms with Gasteiger partial charge < -0.3 is 14.6 Å². The fraction of sp³-hybridized carbons (Fsp3) is 0.375. The molecule has 1 saturated heterocycles. The zero-order valence-electron chi connectivity index (χ0n) is 19.7. The van der Waals surface area contributed by atoms with Crippen molar-refractivity contribution in [3.63, 3.8) is 0 Å². The highest BCUT2D eigenvalue weighted by atomic mass is 16.5. The topological polar surface area (TPSA) is 133 Å². The van der Waals surface area contributed by atoms with Crippen LogP contribution in [0.5, 0.6) is 0 Å². The van der Waals surface area contributed by atoms with E-state index < -0.39 is 5.54 Å². The van der Waals surface area contributed by atoms with Crippen molar-refractivity contribution in [2.45, 2.75) is 45.3 Å². The molecule has 11 heteroatoms. The normalized spacial score (nSPS) is 21.5. The van der Waals surface area contributed by atoms with Gasteiger partial charge in [-0.2, -0.15) is 0 Å². The minimum Gasteiger partial charge on any atom is -0.380 e. The van der Waals surface area contributed by atoms with Crippen molar-refractivity contribution in [3.8, 4) is 22.6 Å². The number of hydrogen-bond donors (Lipinski definition) is 2. The van der Waals surface area contributed by atoms with Crippen LogP contribution in [-0.2, 0) is 21.6 Å². The van der Waals surface area contributed by atoms with E-state index in [4.69, 9.17) is 9.72 Å². The van der Waals surface area contributed by atoms with E-state index in [1.807, 2.05) is 31.4 Å². The number of aromatic nitrogens is 7. The van der Waals surface area contributed by atoms with Crippen LogP contribution in [0.3, 0.4) is 0 Å². The molecule has 4 aromatic heterocycles. The highest BCUT2D eigenvalue weighted by Crippen LogP contribution is 2.38.